The highest BCUT2D eigenvalue weighted by Gasteiger charge is 2.28. The van der Waals surface area contributed by atoms with Crippen LogP contribution in [0.15, 0.2) is 54.6 Å². The second-order valence-electron chi connectivity index (χ2n) is 7.48. The zero-order valence-electron chi connectivity index (χ0n) is 18.2. The van der Waals surface area contributed by atoms with Crippen molar-refractivity contribution in [2.45, 2.75) is 6.92 Å². The lowest BCUT2D eigenvalue weighted by molar-refractivity contribution is -0.118. The van der Waals surface area contributed by atoms with Gasteiger partial charge >= 0.3 is 0 Å². The zero-order valence-corrected chi connectivity index (χ0v) is 19.0. The predicted octanol–water partition coefficient (Wildman–Crippen LogP) is 4.09. The molecule has 0 unspecified atom stereocenters. The Balaban J connectivity index is 1.59. The highest BCUT2D eigenvalue weighted by atomic mass is 32.1. The largest absolute Gasteiger partial charge is 0.482 e. The lowest BCUT2D eigenvalue weighted by atomic mass is 10.1. The molecule has 2 heterocycles. The van der Waals surface area contributed by atoms with Crippen molar-refractivity contribution in [3.05, 3.63) is 71.3 Å². The van der Waals surface area contributed by atoms with Crippen molar-refractivity contribution < 1.29 is 19.1 Å². The number of nitrogens with zero attached hydrogens (tertiary/aromatic N) is 2. The summed E-state index contributed by atoms with van der Waals surface area (Å²) in [6.45, 7) is 3.64. The molecule has 0 saturated carbocycles. The Morgan fingerprint density at radius 2 is 1.82 bits per heavy atom. The van der Waals surface area contributed by atoms with Gasteiger partial charge in [-0.25, -0.2) is 0 Å². The molecule has 0 aliphatic carbocycles. The molecule has 3 aromatic rings. The first kappa shape index (κ1) is 22.5. The van der Waals surface area contributed by atoms with Crippen molar-refractivity contribution >= 4 is 28.2 Å². The van der Waals surface area contributed by atoms with Gasteiger partial charge in [0.25, 0.3) is 11.8 Å². The van der Waals surface area contributed by atoms with Crippen LogP contribution in [-0.2, 0) is 9.53 Å². The molecule has 0 radical (unpaired) electrons. The number of morpholine rings is 1. The van der Waals surface area contributed by atoms with Crippen molar-refractivity contribution in [2.75, 3.05) is 38.2 Å². The van der Waals surface area contributed by atoms with Gasteiger partial charge in [-0.1, -0.05) is 42.5 Å². The Hall–Kier alpha value is -3.67. The molecule has 168 valence electrons. The fourth-order valence-electron chi connectivity index (χ4n) is 3.64. The summed E-state index contributed by atoms with van der Waals surface area (Å²) in [7, 11) is 0. The summed E-state index contributed by atoms with van der Waals surface area (Å²) >= 11 is 1.37. The lowest BCUT2D eigenvalue weighted by Crippen LogP contribution is -2.41. The second-order valence-corrected chi connectivity index (χ2v) is 8.50. The van der Waals surface area contributed by atoms with Crippen molar-refractivity contribution in [3.63, 3.8) is 0 Å². The molecule has 0 spiro atoms. The van der Waals surface area contributed by atoms with Crippen LogP contribution in [0.3, 0.4) is 0 Å². The van der Waals surface area contributed by atoms with E-state index in [0.29, 0.717) is 48.2 Å². The molecular weight excluding hydrogens is 438 g/mol. The van der Waals surface area contributed by atoms with E-state index in [4.69, 9.17) is 9.47 Å². The summed E-state index contributed by atoms with van der Waals surface area (Å²) in [5.41, 5.74) is 2.66. The fraction of sp³-hybridized carbons (Fsp3) is 0.240. The number of carbonyl (C=O) groups excluding carboxylic acids is 2. The maximum atomic E-state index is 13.4. The summed E-state index contributed by atoms with van der Waals surface area (Å²) in [6.07, 6.45) is 0. The number of hydrogen-bond donors (Lipinski definition) is 1. The maximum Gasteiger partial charge on any atom is 0.262 e. The predicted molar refractivity (Wildman–Crippen MR) is 126 cm³/mol. The van der Waals surface area contributed by atoms with E-state index in [-0.39, 0.29) is 12.5 Å². The van der Waals surface area contributed by atoms with Gasteiger partial charge in [0, 0.05) is 18.0 Å². The van der Waals surface area contributed by atoms with Gasteiger partial charge in [-0.05, 0) is 30.2 Å². The van der Waals surface area contributed by atoms with Gasteiger partial charge in [0.05, 0.1) is 24.3 Å². The lowest BCUT2D eigenvalue weighted by Gasteiger charge is -2.27. The highest BCUT2D eigenvalue weighted by molar-refractivity contribution is 7.20. The first-order valence-corrected chi connectivity index (χ1v) is 11.4. The summed E-state index contributed by atoms with van der Waals surface area (Å²) in [5, 5.41) is 12.6. The van der Waals surface area contributed by atoms with E-state index in [0.717, 1.165) is 16.0 Å². The first-order valence-electron chi connectivity index (χ1n) is 10.6. The standard InChI is InChI=1S/C25H23N3O4S/c1-17-22(25(30)28-11-13-31-14-12-28)24(33-23(17)18-7-3-2-4-8-18)27-21(29)16-32-20-10-6-5-9-19(20)15-26/h2-10H,11-14,16H2,1H3,(H,27,29). The summed E-state index contributed by atoms with van der Waals surface area (Å²) in [4.78, 5) is 28.8. The molecule has 1 N–H and O–H groups in total. The minimum Gasteiger partial charge on any atom is -0.482 e. The number of carbonyl (C=O) groups is 2. The summed E-state index contributed by atoms with van der Waals surface area (Å²) < 4.78 is 10.9. The molecule has 4 rings (SSSR count). The molecule has 1 fully saturated rings. The minimum atomic E-state index is -0.403. The monoisotopic (exact) mass is 461 g/mol. The third kappa shape index (κ3) is 5.06. The zero-order chi connectivity index (χ0) is 23.2. The van der Waals surface area contributed by atoms with E-state index in [1.54, 1.807) is 29.2 Å². The number of para-hydroxylation sites is 1. The third-order valence-corrected chi connectivity index (χ3v) is 6.57. The Morgan fingerprint density at radius 1 is 1.12 bits per heavy atom. The smallest absolute Gasteiger partial charge is 0.262 e. The molecule has 0 bridgehead atoms. The Bertz CT molecular complexity index is 1190. The van der Waals surface area contributed by atoms with Crippen LogP contribution in [0.1, 0.15) is 21.5 Å². The summed E-state index contributed by atoms with van der Waals surface area (Å²) in [6, 6.07) is 18.6. The molecule has 7 nitrogen and oxygen atoms in total. The molecule has 2 amide bonds. The van der Waals surface area contributed by atoms with E-state index >= 15 is 0 Å². The fourth-order valence-corrected chi connectivity index (χ4v) is 4.86. The van der Waals surface area contributed by atoms with Crippen molar-refractivity contribution in [2.24, 2.45) is 0 Å². The van der Waals surface area contributed by atoms with E-state index in [1.807, 2.05) is 43.3 Å². The van der Waals surface area contributed by atoms with Crippen LogP contribution in [0.4, 0.5) is 5.00 Å². The van der Waals surface area contributed by atoms with Crippen LogP contribution in [0, 0.1) is 18.3 Å². The number of nitriles is 1. The minimum absolute atomic E-state index is 0.125. The van der Waals surface area contributed by atoms with Crippen LogP contribution >= 0.6 is 11.3 Å². The first-order chi connectivity index (χ1) is 16.1. The molecule has 8 heteroatoms. The van der Waals surface area contributed by atoms with E-state index < -0.39 is 5.91 Å². The number of nitrogens with one attached hydrogen (secondary N) is 1. The number of rotatable bonds is 6. The Morgan fingerprint density at radius 3 is 2.55 bits per heavy atom. The molecule has 2 aromatic carbocycles. The molecule has 1 aromatic heterocycles. The van der Waals surface area contributed by atoms with Gasteiger partial charge in [0.2, 0.25) is 0 Å². The SMILES string of the molecule is Cc1c(-c2ccccc2)sc(NC(=O)COc2ccccc2C#N)c1C(=O)N1CCOCC1. The van der Waals surface area contributed by atoms with Gasteiger partial charge in [0.1, 0.15) is 16.8 Å². The molecule has 1 aliphatic heterocycles. The summed E-state index contributed by atoms with van der Waals surface area (Å²) in [5.74, 6) is -0.188. The van der Waals surface area contributed by atoms with E-state index in [1.165, 1.54) is 11.3 Å². The highest BCUT2D eigenvalue weighted by Crippen LogP contribution is 2.40. The topological polar surface area (TPSA) is 91.7 Å². The molecule has 0 atom stereocenters. The molecular formula is C25H23N3O4S. The van der Waals surface area contributed by atoms with Crippen LogP contribution < -0.4 is 10.1 Å². The van der Waals surface area contributed by atoms with Crippen LogP contribution in [0.2, 0.25) is 0 Å². The Kier molecular flexibility index (Phi) is 7.03. The molecule has 1 aliphatic rings. The van der Waals surface area contributed by atoms with E-state index in [2.05, 4.69) is 5.32 Å². The van der Waals surface area contributed by atoms with Gasteiger partial charge in [-0.3, -0.25) is 9.59 Å². The molecule has 1 saturated heterocycles. The Labute approximate surface area is 196 Å². The van der Waals surface area contributed by atoms with Crippen molar-refractivity contribution in [3.8, 4) is 22.3 Å². The normalized spacial score (nSPS) is 13.3. The second kappa shape index (κ2) is 10.3. The van der Waals surface area contributed by atoms with Gasteiger partial charge in [-0.15, -0.1) is 11.3 Å². The van der Waals surface area contributed by atoms with Crippen molar-refractivity contribution in [1.82, 2.24) is 4.90 Å². The number of thiophene rings is 1. The average Bonchev–Trinajstić information content (AvgIpc) is 3.18. The quantitative estimate of drug-likeness (QED) is 0.597. The maximum absolute atomic E-state index is 13.4. The number of benzene rings is 2. The number of amides is 2. The van der Waals surface area contributed by atoms with Gasteiger partial charge < -0.3 is 19.7 Å². The third-order valence-electron chi connectivity index (χ3n) is 5.31. The van der Waals surface area contributed by atoms with Gasteiger partial charge in [0.15, 0.2) is 6.61 Å². The van der Waals surface area contributed by atoms with E-state index in [9.17, 15) is 14.9 Å². The average molecular weight is 462 g/mol. The van der Waals surface area contributed by atoms with Crippen LogP contribution in [0.5, 0.6) is 5.75 Å². The number of ether oxygens (including phenoxy) is 2. The van der Waals surface area contributed by atoms with Crippen LogP contribution in [0.25, 0.3) is 10.4 Å². The number of anilines is 1. The van der Waals surface area contributed by atoms with Crippen LogP contribution in [-0.4, -0.2) is 49.6 Å². The number of hydrogen-bond acceptors (Lipinski definition) is 6. The van der Waals surface area contributed by atoms with Crippen molar-refractivity contribution in [1.29, 1.82) is 5.26 Å². The molecule has 33 heavy (non-hydrogen) atoms. The van der Waals surface area contributed by atoms with Gasteiger partial charge in [-0.2, -0.15) is 5.26 Å².